The van der Waals surface area contributed by atoms with Crippen LogP contribution < -0.4 is 10.6 Å². The van der Waals surface area contributed by atoms with Crippen molar-refractivity contribution in [3.05, 3.63) is 36.8 Å². The fourth-order valence-corrected chi connectivity index (χ4v) is 5.08. The van der Waals surface area contributed by atoms with Gasteiger partial charge in [-0.25, -0.2) is 23.5 Å². The number of rotatable bonds is 6. The molecule has 0 unspecified atom stereocenters. The maximum absolute atomic E-state index is 13.1. The fourth-order valence-electron chi connectivity index (χ4n) is 5.08. The Kier molecular flexibility index (Phi) is 5.92. The van der Waals surface area contributed by atoms with E-state index in [9.17, 15) is 13.6 Å². The van der Waals surface area contributed by atoms with Crippen molar-refractivity contribution < 1.29 is 13.6 Å². The van der Waals surface area contributed by atoms with E-state index in [-0.39, 0.29) is 24.2 Å². The van der Waals surface area contributed by atoms with Crippen molar-refractivity contribution in [3.8, 4) is 11.3 Å². The van der Waals surface area contributed by atoms with Crippen LogP contribution in [0.25, 0.3) is 22.2 Å². The Hall–Kier alpha value is -3.14. The number of pyridine rings is 2. The lowest BCUT2D eigenvalue weighted by atomic mass is 9.97. The predicted molar refractivity (Wildman–Crippen MR) is 121 cm³/mol. The van der Waals surface area contributed by atoms with Crippen molar-refractivity contribution in [3.63, 3.8) is 0 Å². The van der Waals surface area contributed by atoms with E-state index in [1.165, 1.54) is 0 Å². The van der Waals surface area contributed by atoms with Gasteiger partial charge in [0.2, 0.25) is 0 Å². The second-order valence-corrected chi connectivity index (χ2v) is 8.92. The van der Waals surface area contributed by atoms with E-state index in [0.29, 0.717) is 18.7 Å². The van der Waals surface area contributed by atoms with Crippen LogP contribution in [0.5, 0.6) is 0 Å². The molecular weight excluding hydrogens is 428 g/mol. The smallest absolute Gasteiger partial charge is 0.318 e. The van der Waals surface area contributed by atoms with E-state index in [2.05, 4.69) is 20.7 Å². The Morgan fingerprint density at radius 2 is 1.94 bits per heavy atom. The fraction of sp³-hybridized carbons (Fsp3) is 0.478. The standard InChI is InChI=1S/C23H27F2N7O/c1-31-13-15(12-27-31)20-5-2-14-11-26-22(8-21(14)29-20)30-23(33)32-18-3-4-19(32)7-16(6-18)28-17(9-24)10-25/h2,5,8,11-13,16-19,28H,3-4,6-7,9-10H2,1H3,(H,26,30,33)/t16-,18-,19+. The Morgan fingerprint density at radius 1 is 1.18 bits per heavy atom. The van der Waals surface area contributed by atoms with Gasteiger partial charge in [-0.3, -0.25) is 10.00 Å². The first-order valence-corrected chi connectivity index (χ1v) is 11.3. The number of hydrogen-bond acceptors (Lipinski definition) is 5. The zero-order valence-corrected chi connectivity index (χ0v) is 18.4. The summed E-state index contributed by atoms with van der Waals surface area (Å²) in [6.45, 7) is -1.45. The minimum Gasteiger partial charge on any atom is -0.318 e. The van der Waals surface area contributed by atoms with Crippen molar-refractivity contribution in [2.75, 3.05) is 18.7 Å². The molecule has 2 amide bonds. The average molecular weight is 456 g/mol. The minimum absolute atomic E-state index is 0.0249. The van der Waals surface area contributed by atoms with Crippen LogP contribution in [0.3, 0.4) is 0 Å². The summed E-state index contributed by atoms with van der Waals surface area (Å²) in [6, 6.07) is 4.82. The zero-order chi connectivity index (χ0) is 22.9. The van der Waals surface area contributed by atoms with Crippen molar-refractivity contribution in [1.82, 2.24) is 30.0 Å². The van der Waals surface area contributed by atoms with Gasteiger partial charge in [-0.05, 0) is 37.8 Å². The highest BCUT2D eigenvalue weighted by Gasteiger charge is 2.43. The molecule has 174 valence electrons. The molecule has 2 bridgehead atoms. The number of amides is 2. The normalized spacial score (nSPS) is 22.3. The number of anilines is 1. The van der Waals surface area contributed by atoms with E-state index in [1.807, 2.05) is 30.3 Å². The quantitative estimate of drug-likeness (QED) is 0.595. The summed E-state index contributed by atoms with van der Waals surface area (Å²) >= 11 is 0. The molecule has 8 nitrogen and oxygen atoms in total. The Balaban J connectivity index is 1.29. The molecule has 0 aromatic carbocycles. The summed E-state index contributed by atoms with van der Waals surface area (Å²) in [4.78, 5) is 24.1. The van der Waals surface area contributed by atoms with Gasteiger partial charge in [-0.1, -0.05) is 0 Å². The molecular formula is C23H27F2N7O. The third-order valence-corrected chi connectivity index (χ3v) is 6.62. The molecule has 10 heteroatoms. The third kappa shape index (κ3) is 4.39. The van der Waals surface area contributed by atoms with E-state index < -0.39 is 19.4 Å². The summed E-state index contributed by atoms with van der Waals surface area (Å²) in [6.07, 6.45) is 8.54. The summed E-state index contributed by atoms with van der Waals surface area (Å²) in [5, 5.41) is 11.1. The lowest BCUT2D eigenvalue weighted by Gasteiger charge is -2.39. The summed E-state index contributed by atoms with van der Waals surface area (Å²) in [5.41, 5.74) is 2.44. The molecule has 2 fully saturated rings. The maximum Gasteiger partial charge on any atom is 0.323 e. The van der Waals surface area contributed by atoms with Crippen LogP contribution in [0.15, 0.2) is 36.8 Å². The number of nitrogens with zero attached hydrogens (tertiary/aromatic N) is 5. The molecule has 2 saturated heterocycles. The lowest BCUT2D eigenvalue weighted by Crippen LogP contribution is -2.54. The van der Waals surface area contributed by atoms with E-state index >= 15 is 0 Å². The molecule has 3 aromatic heterocycles. The van der Waals surface area contributed by atoms with Gasteiger partial charge < -0.3 is 10.2 Å². The van der Waals surface area contributed by atoms with Crippen molar-refractivity contribution in [1.29, 1.82) is 0 Å². The number of urea groups is 1. The number of hydrogen-bond donors (Lipinski definition) is 2. The lowest BCUT2D eigenvalue weighted by molar-refractivity contribution is 0.133. The van der Waals surface area contributed by atoms with Crippen LogP contribution in [-0.4, -0.2) is 68.2 Å². The van der Waals surface area contributed by atoms with E-state index in [1.54, 1.807) is 23.1 Å². The SMILES string of the molecule is Cn1cc(-c2ccc3cnc(NC(=O)N4[C@@H]5CC[C@H]4C[C@H](NC(CF)CF)C5)cc3n2)cn1. The topological polar surface area (TPSA) is 88.0 Å². The number of nitrogens with one attached hydrogen (secondary N) is 2. The summed E-state index contributed by atoms with van der Waals surface area (Å²) in [5.74, 6) is 0.443. The van der Waals surface area contributed by atoms with Crippen molar-refractivity contribution in [2.45, 2.75) is 49.9 Å². The average Bonchev–Trinajstić information content (AvgIpc) is 3.37. The van der Waals surface area contributed by atoms with Gasteiger partial charge in [-0.2, -0.15) is 5.10 Å². The number of carbonyl (C=O) groups excluding carboxylic acids is 1. The second-order valence-electron chi connectivity index (χ2n) is 8.92. The number of piperidine rings is 1. The number of carbonyl (C=O) groups is 1. The third-order valence-electron chi connectivity index (χ3n) is 6.62. The van der Waals surface area contributed by atoms with E-state index in [0.717, 1.165) is 35.0 Å². The van der Waals surface area contributed by atoms with Crippen LogP contribution in [-0.2, 0) is 7.05 Å². The highest BCUT2D eigenvalue weighted by molar-refractivity contribution is 5.91. The molecule has 3 atom stereocenters. The molecule has 0 aliphatic carbocycles. The van der Waals surface area contributed by atoms with Crippen molar-refractivity contribution >= 4 is 22.8 Å². The van der Waals surface area contributed by atoms with Gasteiger partial charge in [0.1, 0.15) is 19.2 Å². The molecule has 2 aliphatic rings. The van der Waals surface area contributed by atoms with Gasteiger partial charge >= 0.3 is 6.03 Å². The van der Waals surface area contributed by atoms with Crippen LogP contribution in [0.4, 0.5) is 19.4 Å². The Bertz CT molecular complexity index is 1130. The molecule has 0 saturated carbocycles. The zero-order valence-electron chi connectivity index (χ0n) is 18.4. The largest absolute Gasteiger partial charge is 0.323 e. The number of aromatic nitrogens is 4. The molecule has 0 radical (unpaired) electrons. The van der Waals surface area contributed by atoms with Crippen LogP contribution in [0.1, 0.15) is 25.7 Å². The van der Waals surface area contributed by atoms with Gasteiger partial charge in [0.15, 0.2) is 0 Å². The number of alkyl halides is 2. The second kappa shape index (κ2) is 9.01. The predicted octanol–water partition coefficient (Wildman–Crippen LogP) is 3.45. The van der Waals surface area contributed by atoms with Crippen LogP contribution in [0.2, 0.25) is 0 Å². The molecule has 2 aliphatic heterocycles. The van der Waals surface area contributed by atoms with Gasteiger partial charge in [-0.15, -0.1) is 0 Å². The van der Waals surface area contributed by atoms with Crippen LogP contribution in [0, 0.1) is 0 Å². The Morgan fingerprint density at radius 3 is 2.61 bits per heavy atom. The summed E-state index contributed by atoms with van der Waals surface area (Å²) < 4.78 is 27.5. The first kappa shape index (κ1) is 21.7. The maximum atomic E-state index is 13.1. The Labute approximate surface area is 190 Å². The molecule has 33 heavy (non-hydrogen) atoms. The molecule has 5 heterocycles. The molecule has 5 rings (SSSR count). The molecule has 2 N–H and O–H groups in total. The molecule has 0 spiro atoms. The highest BCUT2D eigenvalue weighted by atomic mass is 19.1. The first-order valence-electron chi connectivity index (χ1n) is 11.3. The summed E-state index contributed by atoms with van der Waals surface area (Å²) in [7, 11) is 1.86. The molecule has 3 aromatic rings. The van der Waals surface area contributed by atoms with Gasteiger partial charge in [0, 0.05) is 54.6 Å². The monoisotopic (exact) mass is 455 g/mol. The van der Waals surface area contributed by atoms with Gasteiger partial charge in [0.05, 0.1) is 23.4 Å². The van der Waals surface area contributed by atoms with Crippen LogP contribution >= 0.6 is 0 Å². The number of aryl methyl sites for hydroxylation is 1. The first-order chi connectivity index (χ1) is 16.0. The van der Waals surface area contributed by atoms with Gasteiger partial charge in [0.25, 0.3) is 0 Å². The van der Waals surface area contributed by atoms with E-state index in [4.69, 9.17) is 4.98 Å². The number of fused-ring (bicyclic) bond motifs is 3. The highest BCUT2D eigenvalue weighted by Crippen LogP contribution is 2.36. The minimum atomic E-state index is -0.763. The number of halogens is 2. The van der Waals surface area contributed by atoms with Crippen molar-refractivity contribution in [2.24, 2.45) is 7.05 Å².